The molecule has 0 atom stereocenters. The van der Waals surface area contributed by atoms with Gasteiger partial charge in [0, 0.05) is 26.5 Å². The third kappa shape index (κ3) is 5.11. The first kappa shape index (κ1) is 17.6. The molecule has 0 aliphatic heterocycles. The van der Waals surface area contributed by atoms with E-state index in [1.807, 2.05) is 60.7 Å². The Morgan fingerprint density at radius 1 is 0.714 bits per heavy atom. The lowest BCUT2D eigenvalue weighted by Crippen LogP contribution is -2.54. The molecule has 0 amide bonds. The van der Waals surface area contributed by atoms with E-state index in [1.165, 1.54) is 0 Å². The van der Waals surface area contributed by atoms with Gasteiger partial charge in [-0.05, 0) is 12.1 Å². The van der Waals surface area contributed by atoms with Gasteiger partial charge in [-0.3, -0.25) is 0 Å². The molecule has 0 bridgehead atoms. The van der Waals surface area contributed by atoms with Gasteiger partial charge in [0.1, 0.15) is 5.75 Å². The van der Waals surface area contributed by atoms with Gasteiger partial charge in [-0.15, -0.1) is 0 Å². The van der Waals surface area contributed by atoms with E-state index < -0.39 is 8.80 Å². The average molecular weight is 323 g/mol. The molecule has 0 saturated carbocycles. The number of hydrogen-bond donors (Lipinski definition) is 0. The lowest BCUT2D eigenvalue weighted by atomic mass is 10.3. The van der Waals surface area contributed by atoms with Crippen LogP contribution in [-0.2, 0) is 13.3 Å². The second-order valence-corrected chi connectivity index (χ2v) is 7.37. The van der Waals surface area contributed by atoms with E-state index in [-0.39, 0.29) is 0 Å². The second-order valence-electron chi connectivity index (χ2n) is 4.05. The highest BCUT2D eigenvalue weighted by Crippen LogP contribution is 2.06. The highest BCUT2D eigenvalue weighted by molar-refractivity contribution is 6.75. The molecular formula is C15H22O4Si2. The van der Waals surface area contributed by atoms with Gasteiger partial charge in [-0.1, -0.05) is 48.5 Å². The Hall–Kier alpha value is -1.45. The molecule has 4 nitrogen and oxygen atoms in total. The summed E-state index contributed by atoms with van der Waals surface area (Å²) in [5, 5.41) is 0.975. The maximum Gasteiger partial charge on any atom is 0.536 e. The van der Waals surface area contributed by atoms with E-state index in [2.05, 4.69) is 0 Å². The molecule has 0 aliphatic rings. The summed E-state index contributed by atoms with van der Waals surface area (Å²) in [6, 6.07) is 19.5. The molecule has 2 aromatic carbocycles. The van der Waals surface area contributed by atoms with Crippen molar-refractivity contribution in [2.45, 2.75) is 0 Å². The van der Waals surface area contributed by atoms with Gasteiger partial charge < -0.3 is 17.7 Å². The van der Waals surface area contributed by atoms with Crippen LogP contribution < -0.4 is 9.61 Å². The quantitative estimate of drug-likeness (QED) is 0.773. The molecule has 114 valence electrons. The van der Waals surface area contributed by atoms with Crippen LogP contribution in [0.1, 0.15) is 0 Å². The molecule has 2 aromatic rings. The lowest BCUT2D eigenvalue weighted by Gasteiger charge is -2.24. The molecule has 0 aromatic heterocycles. The van der Waals surface area contributed by atoms with Crippen LogP contribution in [0.3, 0.4) is 0 Å². The minimum absolute atomic E-state index is 0.777. The van der Waals surface area contributed by atoms with E-state index in [1.54, 1.807) is 21.3 Å². The van der Waals surface area contributed by atoms with Crippen LogP contribution in [0.2, 0.25) is 0 Å². The van der Waals surface area contributed by atoms with Crippen LogP contribution in [0.5, 0.6) is 5.75 Å². The normalized spacial score (nSPS) is 10.6. The summed E-state index contributed by atoms with van der Waals surface area (Å²) in [7, 11) is 2.99. The second kappa shape index (κ2) is 9.48. The fourth-order valence-corrected chi connectivity index (χ4v) is 3.88. The number of para-hydroxylation sites is 1. The van der Waals surface area contributed by atoms with Gasteiger partial charge in [-0.25, -0.2) is 0 Å². The van der Waals surface area contributed by atoms with Gasteiger partial charge in [0.25, 0.3) is 0 Å². The zero-order valence-electron chi connectivity index (χ0n) is 12.9. The van der Waals surface area contributed by atoms with Crippen molar-refractivity contribution in [3.8, 4) is 5.75 Å². The van der Waals surface area contributed by atoms with E-state index >= 15 is 0 Å². The monoisotopic (exact) mass is 322 g/mol. The van der Waals surface area contributed by atoms with E-state index in [0.717, 1.165) is 21.4 Å². The predicted octanol–water partition coefficient (Wildman–Crippen LogP) is 1.12. The van der Waals surface area contributed by atoms with Gasteiger partial charge in [-0.2, -0.15) is 0 Å². The summed E-state index contributed by atoms with van der Waals surface area (Å²) in [5.74, 6) is 0.971. The van der Waals surface area contributed by atoms with E-state index in [0.29, 0.717) is 0 Å². The van der Waals surface area contributed by atoms with Gasteiger partial charge in [0.15, 0.2) is 0 Å². The molecule has 0 spiro atoms. The summed E-state index contributed by atoms with van der Waals surface area (Å²) in [6.45, 7) is 0. The first-order valence-electron chi connectivity index (χ1n) is 6.52. The van der Waals surface area contributed by atoms with Crippen LogP contribution in [0.4, 0.5) is 0 Å². The third-order valence-electron chi connectivity index (χ3n) is 2.91. The molecule has 0 aliphatic carbocycles. The Kier molecular flexibility index (Phi) is 7.95. The van der Waals surface area contributed by atoms with Crippen LogP contribution >= 0.6 is 0 Å². The zero-order chi connectivity index (χ0) is 15.6. The SMILES string of the molecule is CO[Si](OC)(OC)c1ccccc1.[SiH3]Oc1ccccc1. The van der Waals surface area contributed by atoms with Crippen molar-refractivity contribution in [3.05, 3.63) is 60.7 Å². The summed E-state index contributed by atoms with van der Waals surface area (Å²) in [4.78, 5) is 0. The maximum atomic E-state index is 5.32. The third-order valence-corrected chi connectivity index (χ3v) is 6.04. The van der Waals surface area contributed by atoms with Gasteiger partial charge in [0.2, 0.25) is 10.5 Å². The van der Waals surface area contributed by atoms with Crippen molar-refractivity contribution in [2.75, 3.05) is 21.3 Å². The predicted molar refractivity (Wildman–Crippen MR) is 89.9 cm³/mol. The van der Waals surface area contributed by atoms with Crippen LogP contribution in [0.25, 0.3) is 0 Å². The largest absolute Gasteiger partial charge is 0.553 e. The van der Waals surface area contributed by atoms with Crippen LogP contribution in [0, 0.1) is 0 Å². The Balaban J connectivity index is 0.000000235. The molecule has 21 heavy (non-hydrogen) atoms. The van der Waals surface area contributed by atoms with E-state index in [9.17, 15) is 0 Å². The van der Waals surface area contributed by atoms with E-state index in [4.69, 9.17) is 17.7 Å². The summed E-state index contributed by atoms with van der Waals surface area (Å²) in [5.41, 5.74) is 0. The smallest absolute Gasteiger partial charge is 0.536 e. The Bertz CT molecular complexity index is 481. The number of rotatable bonds is 5. The molecule has 0 fully saturated rings. The van der Waals surface area contributed by atoms with Crippen molar-refractivity contribution < 1.29 is 17.7 Å². The van der Waals surface area contributed by atoms with Crippen molar-refractivity contribution in [1.82, 2.24) is 0 Å². The summed E-state index contributed by atoms with van der Waals surface area (Å²) in [6.07, 6.45) is 0. The molecule has 0 radical (unpaired) electrons. The fourth-order valence-electron chi connectivity index (χ4n) is 1.80. The topological polar surface area (TPSA) is 36.9 Å². The average Bonchev–Trinajstić information content (AvgIpc) is 2.59. The fraction of sp³-hybridized carbons (Fsp3) is 0.200. The maximum absolute atomic E-state index is 5.32. The molecule has 2 rings (SSSR count). The number of benzene rings is 2. The molecule has 0 unspecified atom stereocenters. The van der Waals surface area contributed by atoms with Crippen LogP contribution in [-0.4, -0.2) is 40.6 Å². The minimum atomic E-state index is -2.59. The summed E-state index contributed by atoms with van der Waals surface area (Å²) < 4.78 is 21.0. The number of hydrogen-bond acceptors (Lipinski definition) is 4. The highest BCUT2D eigenvalue weighted by Gasteiger charge is 2.40. The zero-order valence-corrected chi connectivity index (χ0v) is 15.9. The summed E-state index contributed by atoms with van der Waals surface area (Å²) >= 11 is 0. The van der Waals surface area contributed by atoms with Crippen molar-refractivity contribution >= 4 is 24.5 Å². The first-order valence-corrected chi connectivity index (χ1v) is 9.06. The molecule has 0 N–H and O–H groups in total. The molecule has 6 heteroatoms. The standard InChI is InChI=1S/C9H14O3Si.C6H8OSi/c1-10-13(11-2,12-3)9-7-5-4-6-8-9;8-7-6-4-2-1-3-5-6/h4-8H,1-3H3;1-5H,8H3. The van der Waals surface area contributed by atoms with Gasteiger partial charge >= 0.3 is 8.80 Å². The molecular weight excluding hydrogens is 300 g/mol. The van der Waals surface area contributed by atoms with Gasteiger partial charge in [0.05, 0.1) is 0 Å². The minimum Gasteiger partial charge on any atom is -0.553 e. The lowest BCUT2D eigenvalue weighted by molar-refractivity contribution is 0.140. The van der Waals surface area contributed by atoms with Crippen molar-refractivity contribution in [3.63, 3.8) is 0 Å². The Morgan fingerprint density at radius 2 is 1.14 bits per heavy atom. The Labute approximate surface area is 130 Å². The first-order chi connectivity index (χ1) is 10.2. The van der Waals surface area contributed by atoms with Crippen LogP contribution in [0.15, 0.2) is 60.7 Å². The molecule has 0 saturated heterocycles. The van der Waals surface area contributed by atoms with Crippen molar-refractivity contribution in [1.29, 1.82) is 0 Å². The molecule has 0 heterocycles. The highest BCUT2D eigenvalue weighted by atomic mass is 28.4. The van der Waals surface area contributed by atoms with Crippen molar-refractivity contribution in [2.24, 2.45) is 0 Å². The Morgan fingerprint density at radius 3 is 1.48 bits per heavy atom.